The van der Waals surface area contributed by atoms with Crippen molar-refractivity contribution < 1.29 is 14.3 Å². The van der Waals surface area contributed by atoms with Gasteiger partial charge >= 0.3 is 0 Å². The van der Waals surface area contributed by atoms with Gasteiger partial charge in [0.05, 0.1) is 11.1 Å². The smallest absolute Gasteiger partial charge is 0.253 e. The van der Waals surface area contributed by atoms with Gasteiger partial charge in [-0.2, -0.15) is 0 Å². The van der Waals surface area contributed by atoms with Gasteiger partial charge in [0, 0.05) is 38.7 Å². The van der Waals surface area contributed by atoms with E-state index >= 15 is 0 Å². The molecule has 1 fully saturated rings. The van der Waals surface area contributed by atoms with E-state index in [-0.39, 0.29) is 17.9 Å². The summed E-state index contributed by atoms with van der Waals surface area (Å²) < 4.78 is 5.58. The van der Waals surface area contributed by atoms with Gasteiger partial charge in [-0.05, 0) is 38.5 Å². The predicted octanol–water partition coefficient (Wildman–Crippen LogP) is 2.82. The van der Waals surface area contributed by atoms with Crippen LogP contribution >= 0.6 is 11.6 Å². The third-order valence-electron chi connectivity index (χ3n) is 3.77. The topological polar surface area (TPSA) is 49.9 Å². The maximum atomic E-state index is 12.6. The van der Waals surface area contributed by atoms with E-state index in [0.717, 1.165) is 6.42 Å². The van der Waals surface area contributed by atoms with E-state index in [2.05, 4.69) is 0 Å². The fourth-order valence-electron chi connectivity index (χ4n) is 2.60. The zero-order valence-electron chi connectivity index (χ0n) is 13.8. The minimum absolute atomic E-state index is 0.0252. The summed E-state index contributed by atoms with van der Waals surface area (Å²) in [6.07, 6.45) is 0.811. The number of rotatable bonds is 3. The molecule has 0 N–H and O–H groups in total. The van der Waals surface area contributed by atoms with E-state index in [1.807, 2.05) is 13.8 Å². The normalized spacial score (nSPS) is 15.5. The lowest BCUT2D eigenvalue weighted by atomic mass is 10.2. The maximum absolute atomic E-state index is 12.6. The molecule has 6 heteroatoms. The highest BCUT2D eigenvalue weighted by atomic mass is 35.5. The second-order valence-corrected chi connectivity index (χ2v) is 6.37. The fraction of sp³-hybridized carbons (Fsp3) is 0.529. The molecule has 0 saturated carbocycles. The lowest BCUT2D eigenvalue weighted by Gasteiger charge is -2.22. The highest BCUT2D eigenvalue weighted by Gasteiger charge is 2.22. The SMILES string of the molecule is CC(=O)N1CCCN(C(=O)c2ccc(OC(C)C)c(Cl)c2)CC1. The minimum Gasteiger partial charge on any atom is -0.489 e. The Morgan fingerprint density at radius 3 is 2.39 bits per heavy atom. The summed E-state index contributed by atoms with van der Waals surface area (Å²) >= 11 is 6.20. The Hall–Kier alpha value is -1.75. The average Bonchev–Trinajstić information content (AvgIpc) is 2.74. The van der Waals surface area contributed by atoms with Crippen LogP contribution in [0.5, 0.6) is 5.75 Å². The summed E-state index contributed by atoms with van der Waals surface area (Å²) in [5, 5.41) is 0.435. The summed E-state index contributed by atoms with van der Waals surface area (Å²) in [4.78, 5) is 27.7. The average molecular weight is 339 g/mol. The predicted molar refractivity (Wildman–Crippen MR) is 90.0 cm³/mol. The number of hydrogen-bond acceptors (Lipinski definition) is 3. The van der Waals surface area contributed by atoms with Crippen molar-refractivity contribution in [3.8, 4) is 5.75 Å². The summed E-state index contributed by atoms with van der Waals surface area (Å²) in [5.74, 6) is 0.572. The number of nitrogens with zero attached hydrogens (tertiary/aromatic N) is 2. The second-order valence-electron chi connectivity index (χ2n) is 5.96. The van der Waals surface area contributed by atoms with Crippen LogP contribution in [0.2, 0.25) is 5.02 Å². The Bertz CT molecular complexity index is 589. The van der Waals surface area contributed by atoms with E-state index in [4.69, 9.17) is 16.3 Å². The van der Waals surface area contributed by atoms with Crippen LogP contribution in [0.3, 0.4) is 0 Å². The fourth-order valence-corrected chi connectivity index (χ4v) is 2.83. The van der Waals surface area contributed by atoms with Crippen LogP contribution in [0.4, 0.5) is 0 Å². The van der Waals surface area contributed by atoms with Crippen molar-refractivity contribution in [2.45, 2.75) is 33.3 Å². The van der Waals surface area contributed by atoms with Crippen molar-refractivity contribution in [1.82, 2.24) is 9.80 Å². The van der Waals surface area contributed by atoms with E-state index < -0.39 is 0 Å². The lowest BCUT2D eigenvalue weighted by Crippen LogP contribution is -2.36. The first-order valence-corrected chi connectivity index (χ1v) is 8.27. The van der Waals surface area contributed by atoms with Crippen molar-refractivity contribution in [3.63, 3.8) is 0 Å². The number of benzene rings is 1. The van der Waals surface area contributed by atoms with Crippen LogP contribution in [0, 0.1) is 0 Å². The van der Waals surface area contributed by atoms with E-state index in [0.29, 0.717) is 42.5 Å². The highest BCUT2D eigenvalue weighted by Crippen LogP contribution is 2.27. The van der Waals surface area contributed by atoms with Gasteiger partial charge in [0.15, 0.2) is 0 Å². The Balaban J connectivity index is 2.08. The molecule has 1 aliphatic heterocycles. The monoisotopic (exact) mass is 338 g/mol. The third kappa shape index (κ3) is 4.61. The molecule has 126 valence electrons. The minimum atomic E-state index is -0.0617. The zero-order chi connectivity index (χ0) is 17.0. The Labute approximate surface area is 142 Å². The Kier molecular flexibility index (Phi) is 5.88. The number of carbonyl (C=O) groups excluding carboxylic acids is 2. The van der Waals surface area contributed by atoms with Crippen LogP contribution in [0.1, 0.15) is 37.6 Å². The van der Waals surface area contributed by atoms with Crippen molar-refractivity contribution in [3.05, 3.63) is 28.8 Å². The molecule has 1 saturated heterocycles. The van der Waals surface area contributed by atoms with Gasteiger partial charge < -0.3 is 14.5 Å². The standard InChI is InChI=1S/C17H23ClN2O3/c1-12(2)23-16-6-5-14(11-15(16)18)17(22)20-8-4-7-19(9-10-20)13(3)21/h5-6,11-12H,4,7-10H2,1-3H3. The van der Waals surface area contributed by atoms with Crippen LogP contribution < -0.4 is 4.74 Å². The number of ether oxygens (including phenoxy) is 1. The maximum Gasteiger partial charge on any atom is 0.253 e. The van der Waals surface area contributed by atoms with E-state index in [1.54, 1.807) is 34.9 Å². The molecule has 0 unspecified atom stereocenters. The molecule has 0 bridgehead atoms. The van der Waals surface area contributed by atoms with Gasteiger partial charge in [-0.3, -0.25) is 9.59 Å². The molecule has 1 aromatic rings. The van der Waals surface area contributed by atoms with Crippen LogP contribution in [-0.4, -0.2) is 53.9 Å². The molecule has 0 atom stereocenters. The lowest BCUT2D eigenvalue weighted by molar-refractivity contribution is -0.128. The summed E-state index contributed by atoms with van der Waals surface area (Å²) in [5.41, 5.74) is 0.544. The molecule has 0 spiro atoms. The Morgan fingerprint density at radius 2 is 1.78 bits per heavy atom. The first-order chi connectivity index (χ1) is 10.9. The summed E-state index contributed by atoms with van der Waals surface area (Å²) in [6, 6.07) is 5.12. The van der Waals surface area contributed by atoms with Crippen LogP contribution in [0.15, 0.2) is 18.2 Å². The van der Waals surface area contributed by atoms with Crippen LogP contribution in [0.25, 0.3) is 0 Å². The molecule has 0 aliphatic carbocycles. The Morgan fingerprint density at radius 1 is 1.13 bits per heavy atom. The van der Waals surface area contributed by atoms with Crippen molar-refractivity contribution in [1.29, 1.82) is 0 Å². The van der Waals surface area contributed by atoms with Gasteiger partial charge in [-0.15, -0.1) is 0 Å². The second kappa shape index (κ2) is 7.68. The molecule has 1 heterocycles. The van der Waals surface area contributed by atoms with Gasteiger partial charge in [0.2, 0.25) is 5.91 Å². The van der Waals surface area contributed by atoms with Crippen LogP contribution in [-0.2, 0) is 4.79 Å². The third-order valence-corrected chi connectivity index (χ3v) is 4.07. The molecule has 2 amide bonds. The first kappa shape index (κ1) is 17.6. The summed E-state index contributed by atoms with van der Waals surface area (Å²) in [7, 11) is 0. The number of carbonyl (C=O) groups is 2. The van der Waals surface area contributed by atoms with Gasteiger partial charge in [0.25, 0.3) is 5.91 Å². The largest absolute Gasteiger partial charge is 0.489 e. The molecule has 0 radical (unpaired) electrons. The molecular weight excluding hydrogens is 316 g/mol. The van der Waals surface area contributed by atoms with E-state index in [9.17, 15) is 9.59 Å². The van der Waals surface area contributed by atoms with E-state index in [1.165, 1.54) is 0 Å². The summed E-state index contributed by atoms with van der Waals surface area (Å²) in [6.45, 7) is 7.86. The number of amides is 2. The van der Waals surface area contributed by atoms with Crippen molar-refractivity contribution in [2.75, 3.05) is 26.2 Å². The highest BCUT2D eigenvalue weighted by molar-refractivity contribution is 6.32. The number of hydrogen-bond donors (Lipinski definition) is 0. The van der Waals surface area contributed by atoms with Crippen molar-refractivity contribution >= 4 is 23.4 Å². The zero-order valence-corrected chi connectivity index (χ0v) is 14.6. The number of halogens is 1. The first-order valence-electron chi connectivity index (χ1n) is 7.89. The molecule has 0 aromatic heterocycles. The van der Waals surface area contributed by atoms with Gasteiger partial charge in [-0.25, -0.2) is 0 Å². The van der Waals surface area contributed by atoms with Gasteiger partial charge in [-0.1, -0.05) is 11.6 Å². The molecule has 5 nitrogen and oxygen atoms in total. The molecule has 2 rings (SSSR count). The van der Waals surface area contributed by atoms with Crippen molar-refractivity contribution in [2.24, 2.45) is 0 Å². The molecule has 1 aliphatic rings. The molecule has 23 heavy (non-hydrogen) atoms. The van der Waals surface area contributed by atoms with Gasteiger partial charge in [0.1, 0.15) is 5.75 Å². The molecular formula is C17H23ClN2O3. The molecule has 1 aromatic carbocycles. The quantitative estimate of drug-likeness (QED) is 0.851.